The molecule has 0 bridgehead atoms. The van der Waals surface area contributed by atoms with E-state index in [4.69, 9.17) is 5.73 Å². The molecule has 0 radical (unpaired) electrons. The fourth-order valence-electron chi connectivity index (χ4n) is 2.98. The van der Waals surface area contributed by atoms with Crippen LogP contribution in [0.1, 0.15) is 28.0 Å². The highest BCUT2D eigenvalue weighted by Crippen LogP contribution is 2.38. The van der Waals surface area contributed by atoms with Crippen molar-refractivity contribution in [2.24, 2.45) is 10.7 Å². The molecule has 1 aromatic carbocycles. The number of nitrogens with one attached hydrogen (secondary N) is 1. The van der Waals surface area contributed by atoms with Crippen LogP contribution in [0.5, 0.6) is 0 Å². The summed E-state index contributed by atoms with van der Waals surface area (Å²) in [6.07, 6.45) is 2.61. The molecule has 1 unspecified atom stereocenters. The number of rotatable bonds is 6. The van der Waals surface area contributed by atoms with Gasteiger partial charge in [-0.05, 0) is 30.2 Å². The van der Waals surface area contributed by atoms with E-state index in [2.05, 4.69) is 26.2 Å². The van der Waals surface area contributed by atoms with Gasteiger partial charge in [-0.15, -0.1) is 0 Å². The third-order valence-electron chi connectivity index (χ3n) is 4.10. The van der Waals surface area contributed by atoms with Crippen LogP contribution in [0.3, 0.4) is 0 Å². The van der Waals surface area contributed by atoms with Gasteiger partial charge in [0, 0.05) is 22.8 Å². The minimum Gasteiger partial charge on any atom is -0.370 e. The number of guanidine groups is 1. The van der Waals surface area contributed by atoms with Gasteiger partial charge < -0.3 is 10.3 Å². The molecule has 1 aromatic heterocycles. The van der Waals surface area contributed by atoms with Crippen molar-refractivity contribution < 1.29 is 14.0 Å². The van der Waals surface area contributed by atoms with Crippen LogP contribution in [0, 0.1) is 0 Å². The predicted molar refractivity (Wildman–Crippen MR) is 95.1 cm³/mol. The highest BCUT2D eigenvalue weighted by Gasteiger charge is 2.47. The molecule has 2 heterocycles. The Kier molecular flexibility index (Phi) is 4.71. The zero-order valence-corrected chi connectivity index (χ0v) is 14.8. The van der Waals surface area contributed by atoms with Gasteiger partial charge in [0.1, 0.15) is 0 Å². The zero-order chi connectivity index (χ0) is 18.0. The molecule has 3 N–H and O–H groups in total. The number of hydrogen-bond donors (Lipinski definition) is 2. The van der Waals surface area contributed by atoms with Crippen molar-refractivity contribution in [2.75, 3.05) is 6.67 Å². The molecule has 1 amide bonds. The van der Waals surface area contributed by atoms with Crippen molar-refractivity contribution >= 4 is 34.1 Å². The van der Waals surface area contributed by atoms with E-state index in [9.17, 15) is 14.0 Å². The van der Waals surface area contributed by atoms with Crippen LogP contribution in [0.15, 0.2) is 46.0 Å². The Bertz CT molecular complexity index is 864. The van der Waals surface area contributed by atoms with E-state index in [1.54, 1.807) is 35.0 Å². The maximum atomic E-state index is 12.8. The summed E-state index contributed by atoms with van der Waals surface area (Å²) >= 11 is 3.39. The lowest BCUT2D eigenvalue weighted by molar-refractivity contribution is -0.122. The Hall–Kier alpha value is -2.48. The van der Waals surface area contributed by atoms with Crippen molar-refractivity contribution in [3.05, 3.63) is 57.8 Å². The maximum absolute atomic E-state index is 12.8. The van der Waals surface area contributed by atoms with Gasteiger partial charge in [0.05, 0.1) is 12.4 Å². The normalized spacial score (nSPS) is 19.6. The number of aliphatic imine (C=N–C) groups is 1. The van der Waals surface area contributed by atoms with Crippen molar-refractivity contribution in [1.82, 2.24) is 9.88 Å². The summed E-state index contributed by atoms with van der Waals surface area (Å²) in [7, 11) is 0. The molecule has 2 aromatic rings. The summed E-state index contributed by atoms with van der Waals surface area (Å²) < 4.78 is 14.9. The van der Waals surface area contributed by atoms with Crippen molar-refractivity contribution in [3.8, 4) is 0 Å². The molecule has 1 atom stereocenters. The molecule has 6 nitrogen and oxygen atoms in total. The third-order valence-corrected chi connectivity index (χ3v) is 4.60. The first-order valence-corrected chi connectivity index (χ1v) is 8.45. The van der Waals surface area contributed by atoms with E-state index in [0.29, 0.717) is 29.7 Å². The van der Waals surface area contributed by atoms with E-state index >= 15 is 0 Å². The average Bonchev–Trinajstić information content (AvgIpc) is 3.13. The number of carbonyl (C=O) groups excluding carboxylic acids is 2. The summed E-state index contributed by atoms with van der Waals surface area (Å²) in [6.45, 7) is -0.159. The summed E-state index contributed by atoms with van der Waals surface area (Å²) in [5, 5.41) is 2.53. The number of benzene rings is 1. The SMILES string of the molecule is NC1=NC(c2cccc(Br)c2)(c2cc(C=O)n(CCCF)c2)C(=O)N1. The largest absolute Gasteiger partial charge is 0.370 e. The Morgan fingerprint density at radius 3 is 2.76 bits per heavy atom. The quantitative estimate of drug-likeness (QED) is 0.719. The van der Waals surface area contributed by atoms with Gasteiger partial charge in [-0.3, -0.25) is 19.3 Å². The molecule has 8 heteroatoms. The van der Waals surface area contributed by atoms with E-state index in [1.165, 1.54) is 0 Å². The van der Waals surface area contributed by atoms with Crippen molar-refractivity contribution in [3.63, 3.8) is 0 Å². The van der Waals surface area contributed by atoms with E-state index < -0.39 is 18.1 Å². The predicted octanol–water partition coefficient (Wildman–Crippen LogP) is 2.11. The topological polar surface area (TPSA) is 89.5 Å². The molecule has 0 saturated carbocycles. The zero-order valence-electron chi connectivity index (χ0n) is 13.2. The Morgan fingerprint density at radius 2 is 2.16 bits per heavy atom. The standard InChI is InChI=1S/C17H16BrFN4O2/c18-13-4-1-3-11(7-13)17(15(25)21-16(20)22-17)12-8-14(10-24)23(9-12)6-2-5-19/h1,3-4,7-10H,2,5-6H2,(H3,20,21,22,25). The fourth-order valence-corrected chi connectivity index (χ4v) is 3.38. The lowest BCUT2D eigenvalue weighted by atomic mass is 9.84. The third kappa shape index (κ3) is 2.97. The molecular weight excluding hydrogens is 391 g/mol. The van der Waals surface area contributed by atoms with Crippen LogP contribution in [0.2, 0.25) is 0 Å². The smallest absolute Gasteiger partial charge is 0.264 e. The van der Waals surface area contributed by atoms with Gasteiger partial charge in [0.2, 0.25) is 0 Å². The van der Waals surface area contributed by atoms with Gasteiger partial charge in [-0.2, -0.15) is 0 Å². The van der Waals surface area contributed by atoms with Crippen LogP contribution in [-0.4, -0.2) is 29.4 Å². The summed E-state index contributed by atoms with van der Waals surface area (Å²) in [4.78, 5) is 28.5. The van der Waals surface area contributed by atoms with Crippen LogP contribution in [-0.2, 0) is 16.9 Å². The highest BCUT2D eigenvalue weighted by atomic mass is 79.9. The first kappa shape index (κ1) is 17.3. The number of amides is 1. The van der Waals surface area contributed by atoms with Gasteiger partial charge in [0.25, 0.3) is 5.91 Å². The monoisotopic (exact) mass is 406 g/mol. The van der Waals surface area contributed by atoms with E-state index in [0.717, 1.165) is 4.47 Å². The molecular formula is C17H16BrFN4O2. The second-order valence-corrected chi connectivity index (χ2v) is 6.60. The molecule has 0 fully saturated rings. The number of nitrogens with two attached hydrogens (primary N) is 1. The lowest BCUT2D eigenvalue weighted by Gasteiger charge is -2.23. The molecule has 0 saturated heterocycles. The first-order chi connectivity index (χ1) is 12.0. The summed E-state index contributed by atoms with van der Waals surface area (Å²) in [5.41, 5.74) is 5.84. The van der Waals surface area contributed by atoms with E-state index in [-0.39, 0.29) is 12.4 Å². The number of aryl methyl sites for hydroxylation is 1. The number of halogens is 2. The minimum atomic E-state index is -1.38. The summed E-state index contributed by atoms with van der Waals surface area (Å²) in [5.74, 6) is -0.391. The van der Waals surface area contributed by atoms with Gasteiger partial charge in [-0.1, -0.05) is 28.1 Å². The fraction of sp³-hybridized carbons (Fsp3) is 0.235. The van der Waals surface area contributed by atoms with Gasteiger partial charge in [0.15, 0.2) is 17.8 Å². The number of aromatic nitrogens is 1. The van der Waals surface area contributed by atoms with Crippen molar-refractivity contribution in [2.45, 2.75) is 18.5 Å². The molecule has 1 aliphatic heterocycles. The highest BCUT2D eigenvalue weighted by molar-refractivity contribution is 9.10. The number of hydrogen-bond acceptors (Lipinski definition) is 4. The molecule has 130 valence electrons. The lowest BCUT2D eigenvalue weighted by Crippen LogP contribution is -2.39. The van der Waals surface area contributed by atoms with Gasteiger partial charge in [-0.25, -0.2) is 4.99 Å². The van der Waals surface area contributed by atoms with Crippen LogP contribution in [0.4, 0.5) is 4.39 Å². The van der Waals surface area contributed by atoms with Gasteiger partial charge >= 0.3 is 0 Å². The maximum Gasteiger partial charge on any atom is 0.264 e. The first-order valence-electron chi connectivity index (χ1n) is 7.66. The van der Waals surface area contributed by atoms with Crippen molar-refractivity contribution in [1.29, 1.82) is 0 Å². The van der Waals surface area contributed by atoms with E-state index in [1.807, 2.05) is 6.07 Å². The minimum absolute atomic E-state index is 0.00846. The number of nitrogens with zero attached hydrogens (tertiary/aromatic N) is 2. The second kappa shape index (κ2) is 6.79. The van der Waals surface area contributed by atoms with Crippen LogP contribution < -0.4 is 11.1 Å². The molecule has 0 spiro atoms. The molecule has 0 aliphatic carbocycles. The Balaban J connectivity index is 2.19. The molecule has 1 aliphatic rings. The number of aldehydes is 1. The van der Waals surface area contributed by atoms with Crippen LogP contribution >= 0.6 is 15.9 Å². The Labute approximate surface area is 152 Å². The van der Waals surface area contributed by atoms with Crippen LogP contribution in [0.25, 0.3) is 0 Å². The summed E-state index contributed by atoms with van der Waals surface area (Å²) in [6, 6.07) is 8.76. The molecule has 25 heavy (non-hydrogen) atoms. The Morgan fingerprint density at radius 1 is 1.36 bits per heavy atom. The molecule has 3 rings (SSSR count). The second-order valence-electron chi connectivity index (χ2n) is 5.68. The number of alkyl halides is 1. The average molecular weight is 407 g/mol. The number of carbonyl (C=O) groups is 2.